The van der Waals surface area contributed by atoms with Gasteiger partial charge in [0.1, 0.15) is 6.54 Å². The minimum Gasteiger partial charge on any atom is -0.350 e. The highest BCUT2D eigenvalue weighted by atomic mass is 32.2. The number of anilines is 1. The number of carbonyl (C=O) groups is 1. The van der Waals surface area contributed by atoms with Gasteiger partial charge in [-0.1, -0.05) is 61.0 Å². The smallest absolute Gasteiger partial charge is 0.264 e. The number of carbonyl (C=O) groups excluding carboxylic acids is 1. The van der Waals surface area contributed by atoms with Crippen LogP contribution in [0.5, 0.6) is 0 Å². The number of nitrogens with zero attached hydrogens (tertiary/aromatic N) is 2. The van der Waals surface area contributed by atoms with Crippen LogP contribution in [0, 0.1) is 6.92 Å². The van der Waals surface area contributed by atoms with Crippen molar-refractivity contribution in [2.45, 2.75) is 44.2 Å². The number of nitrogens with one attached hydrogen (secondary N) is 1. The van der Waals surface area contributed by atoms with E-state index < -0.39 is 10.0 Å². The SMILES string of the molecule is Cc1cccc(N(CC(=O)NCc2ccc(CN3CCCCC3)cc2)S(=O)(=O)c2ccccc2)c1. The van der Waals surface area contributed by atoms with Crippen LogP contribution >= 0.6 is 0 Å². The number of hydrogen-bond donors (Lipinski definition) is 1. The van der Waals surface area contributed by atoms with Crippen molar-refractivity contribution in [1.82, 2.24) is 10.2 Å². The quantitative estimate of drug-likeness (QED) is 0.479. The molecule has 0 aliphatic carbocycles. The van der Waals surface area contributed by atoms with Gasteiger partial charge in [-0.05, 0) is 73.8 Å². The van der Waals surface area contributed by atoms with Crippen molar-refractivity contribution >= 4 is 21.6 Å². The lowest BCUT2D eigenvalue weighted by atomic mass is 10.1. The zero-order valence-corrected chi connectivity index (χ0v) is 21.0. The van der Waals surface area contributed by atoms with Crippen LogP contribution in [0.1, 0.15) is 36.0 Å². The minimum absolute atomic E-state index is 0.151. The zero-order chi connectivity index (χ0) is 24.7. The van der Waals surface area contributed by atoms with Crippen LogP contribution in [0.25, 0.3) is 0 Å². The first-order valence-corrected chi connectivity index (χ1v) is 13.6. The summed E-state index contributed by atoms with van der Waals surface area (Å²) in [5.41, 5.74) is 3.63. The molecule has 0 radical (unpaired) electrons. The number of sulfonamides is 1. The van der Waals surface area contributed by atoms with Gasteiger partial charge in [0.15, 0.2) is 0 Å². The summed E-state index contributed by atoms with van der Waals surface area (Å²) in [5, 5.41) is 2.88. The van der Waals surface area contributed by atoms with Gasteiger partial charge < -0.3 is 5.32 Å². The van der Waals surface area contributed by atoms with Crippen LogP contribution in [0.4, 0.5) is 5.69 Å². The lowest BCUT2D eigenvalue weighted by Gasteiger charge is -2.26. The lowest BCUT2D eigenvalue weighted by molar-refractivity contribution is -0.119. The number of hydrogen-bond acceptors (Lipinski definition) is 4. The molecule has 35 heavy (non-hydrogen) atoms. The summed E-state index contributed by atoms with van der Waals surface area (Å²) in [6, 6.07) is 23.6. The van der Waals surface area contributed by atoms with Gasteiger partial charge in [-0.15, -0.1) is 0 Å². The predicted molar refractivity (Wildman–Crippen MR) is 140 cm³/mol. The number of likely N-dealkylation sites (tertiary alicyclic amines) is 1. The average Bonchev–Trinajstić information content (AvgIpc) is 2.88. The molecule has 1 heterocycles. The van der Waals surface area contributed by atoms with E-state index in [9.17, 15) is 13.2 Å². The first-order chi connectivity index (χ1) is 16.9. The Morgan fingerprint density at radius 1 is 0.886 bits per heavy atom. The molecule has 1 N–H and O–H groups in total. The fraction of sp³-hybridized carbons (Fsp3) is 0.321. The van der Waals surface area contributed by atoms with E-state index in [2.05, 4.69) is 22.3 Å². The molecule has 7 heteroatoms. The summed E-state index contributed by atoms with van der Waals surface area (Å²) in [6.45, 7) is 5.20. The Hall–Kier alpha value is -3.16. The second kappa shape index (κ2) is 11.5. The summed E-state index contributed by atoms with van der Waals surface area (Å²) in [6.07, 6.45) is 3.86. The molecule has 4 rings (SSSR count). The molecular weight excluding hydrogens is 458 g/mol. The maximum absolute atomic E-state index is 13.4. The van der Waals surface area contributed by atoms with Gasteiger partial charge in [0, 0.05) is 13.1 Å². The molecule has 0 aromatic heterocycles. The second-order valence-electron chi connectivity index (χ2n) is 9.09. The van der Waals surface area contributed by atoms with Crippen LogP contribution in [-0.2, 0) is 27.9 Å². The summed E-state index contributed by atoms with van der Waals surface area (Å²) in [4.78, 5) is 15.5. The zero-order valence-electron chi connectivity index (χ0n) is 20.2. The van der Waals surface area contributed by atoms with Crippen molar-refractivity contribution in [3.63, 3.8) is 0 Å². The van der Waals surface area contributed by atoms with Crippen molar-refractivity contribution < 1.29 is 13.2 Å². The molecule has 1 aliphatic rings. The van der Waals surface area contributed by atoms with Gasteiger partial charge in [0.25, 0.3) is 10.0 Å². The van der Waals surface area contributed by atoms with Gasteiger partial charge in [-0.2, -0.15) is 0 Å². The molecule has 1 amide bonds. The fourth-order valence-corrected chi connectivity index (χ4v) is 5.78. The number of benzene rings is 3. The number of amides is 1. The summed E-state index contributed by atoms with van der Waals surface area (Å²) in [7, 11) is -3.90. The second-order valence-corrected chi connectivity index (χ2v) is 11.0. The monoisotopic (exact) mass is 491 g/mol. The number of rotatable bonds is 9. The summed E-state index contributed by atoms with van der Waals surface area (Å²) >= 11 is 0. The highest BCUT2D eigenvalue weighted by molar-refractivity contribution is 7.92. The third-order valence-electron chi connectivity index (χ3n) is 6.28. The van der Waals surface area contributed by atoms with Gasteiger partial charge in [-0.3, -0.25) is 14.0 Å². The van der Waals surface area contributed by atoms with Crippen molar-refractivity contribution in [2.24, 2.45) is 0 Å². The molecule has 0 atom stereocenters. The maximum Gasteiger partial charge on any atom is 0.264 e. The van der Waals surface area contributed by atoms with Crippen LogP contribution in [-0.4, -0.2) is 38.9 Å². The highest BCUT2D eigenvalue weighted by Crippen LogP contribution is 2.24. The third-order valence-corrected chi connectivity index (χ3v) is 8.06. The first-order valence-electron chi connectivity index (χ1n) is 12.1. The molecule has 1 fully saturated rings. The van der Waals surface area contributed by atoms with E-state index in [-0.39, 0.29) is 17.3 Å². The first kappa shape index (κ1) is 24.9. The normalized spacial score (nSPS) is 14.4. The van der Waals surface area contributed by atoms with E-state index in [0.29, 0.717) is 12.2 Å². The molecule has 184 valence electrons. The van der Waals surface area contributed by atoms with Crippen LogP contribution in [0.2, 0.25) is 0 Å². The fourth-order valence-electron chi connectivity index (χ4n) is 4.34. The molecule has 6 nitrogen and oxygen atoms in total. The van der Waals surface area contributed by atoms with Crippen molar-refractivity contribution in [2.75, 3.05) is 23.9 Å². The Morgan fingerprint density at radius 3 is 2.26 bits per heavy atom. The van der Waals surface area contributed by atoms with Gasteiger partial charge >= 0.3 is 0 Å². The Balaban J connectivity index is 1.42. The van der Waals surface area contributed by atoms with E-state index in [1.54, 1.807) is 48.5 Å². The van der Waals surface area contributed by atoms with Gasteiger partial charge in [0.2, 0.25) is 5.91 Å². The minimum atomic E-state index is -3.90. The molecule has 0 unspecified atom stereocenters. The molecule has 0 spiro atoms. The summed E-state index contributed by atoms with van der Waals surface area (Å²) < 4.78 is 28.0. The molecule has 3 aromatic rings. The standard InChI is InChI=1S/C28H33N3O3S/c1-23-9-8-10-26(19-23)31(35(33,34)27-11-4-2-5-12-27)22-28(32)29-20-24-13-15-25(16-14-24)21-30-17-6-3-7-18-30/h2,4-5,8-16,19H,3,6-7,17-18,20-22H2,1H3,(H,29,32). The largest absolute Gasteiger partial charge is 0.350 e. The van der Waals surface area contributed by atoms with E-state index in [0.717, 1.165) is 30.8 Å². The van der Waals surface area contributed by atoms with Gasteiger partial charge in [-0.25, -0.2) is 8.42 Å². The Labute approximate surface area is 208 Å². The predicted octanol–water partition coefficient (Wildman–Crippen LogP) is 4.49. The molecule has 0 bridgehead atoms. The van der Waals surface area contributed by atoms with Crippen LogP contribution in [0.3, 0.4) is 0 Å². The van der Waals surface area contributed by atoms with E-state index in [4.69, 9.17) is 0 Å². The topological polar surface area (TPSA) is 69.7 Å². The van der Waals surface area contributed by atoms with E-state index in [1.165, 1.54) is 29.1 Å². The lowest BCUT2D eigenvalue weighted by Crippen LogP contribution is -2.40. The molecule has 0 saturated carbocycles. The number of piperidine rings is 1. The van der Waals surface area contributed by atoms with Gasteiger partial charge in [0.05, 0.1) is 10.6 Å². The van der Waals surface area contributed by atoms with E-state index >= 15 is 0 Å². The van der Waals surface area contributed by atoms with E-state index in [1.807, 2.05) is 25.1 Å². The molecule has 1 aliphatic heterocycles. The molecule has 3 aromatic carbocycles. The third kappa shape index (κ3) is 6.71. The summed E-state index contributed by atoms with van der Waals surface area (Å²) in [5.74, 6) is -0.358. The van der Waals surface area contributed by atoms with Crippen LogP contribution < -0.4 is 9.62 Å². The van der Waals surface area contributed by atoms with Crippen molar-refractivity contribution in [3.8, 4) is 0 Å². The molecular formula is C28H33N3O3S. The Bertz CT molecular complexity index is 1220. The Morgan fingerprint density at radius 2 is 1.57 bits per heavy atom. The van der Waals surface area contributed by atoms with Crippen molar-refractivity contribution in [1.29, 1.82) is 0 Å². The van der Waals surface area contributed by atoms with Crippen molar-refractivity contribution in [3.05, 3.63) is 95.6 Å². The molecule has 1 saturated heterocycles. The Kier molecular flexibility index (Phi) is 8.21. The maximum atomic E-state index is 13.4. The number of aryl methyl sites for hydroxylation is 1. The average molecular weight is 492 g/mol. The highest BCUT2D eigenvalue weighted by Gasteiger charge is 2.27. The van der Waals surface area contributed by atoms with Crippen LogP contribution in [0.15, 0.2) is 83.8 Å².